The minimum Gasteiger partial charge on any atom is -0.384 e. The summed E-state index contributed by atoms with van der Waals surface area (Å²) in [4.78, 5) is 5.02. The molecule has 2 rings (SSSR count). The van der Waals surface area contributed by atoms with Crippen LogP contribution in [-0.4, -0.2) is 9.55 Å². The number of nitrogen functional groups attached to an aromatic ring is 1. The number of hydrogen-bond donors (Lipinski definition) is 1. The lowest BCUT2D eigenvalue weighted by atomic mass is 9.88. The van der Waals surface area contributed by atoms with E-state index in [0.717, 1.165) is 17.9 Å². The van der Waals surface area contributed by atoms with Gasteiger partial charge in [0.05, 0.1) is 5.69 Å². The summed E-state index contributed by atoms with van der Waals surface area (Å²) < 4.78 is 2.31. The van der Waals surface area contributed by atoms with Gasteiger partial charge in [-0.1, -0.05) is 40.0 Å². The molecule has 3 nitrogen and oxygen atoms in total. The molecule has 0 amide bonds. The van der Waals surface area contributed by atoms with Crippen LogP contribution in [0.15, 0.2) is 0 Å². The zero-order chi connectivity index (χ0) is 15.8. The largest absolute Gasteiger partial charge is 0.384 e. The molecular formula is C18H33N3. The van der Waals surface area contributed by atoms with Crippen LogP contribution in [0.5, 0.6) is 0 Å². The van der Waals surface area contributed by atoms with Gasteiger partial charge in [-0.2, -0.15) is 0 Å². The zero-order valence-electron chi connectivity index (χ0n) is 14.8. The Hall–Kier alpha value is -0.990. The zero-order valence-corrected chi connectivity index (χ0v) is 14.8. The summed E-state index contributed by atoms with van der Waals surface area (Å²) in [6.45, 7) is 13.5. The molecule has 1 fully saturated rings. The number of aromatic nitrogens is 2. The van der Waals surface area contributed by atoms with E-state index in [1.807, 2.05) is 0 Å². The fourth-order valence-corrected chi connectivity index (χ4v) is 3.47. The SMILES string of the molecule is CC(C)(C)Cc1nc(C2CCCCC2)n(C(C)(C)C)c1N. The standard InChI is InChI=1S/C18H33N3/c1-17(2,3)12-14-15(19)21(18(4,5)6)16(20-14)13-10-8-7-9-11-13/h13H,7-12,19H2,1-6H3. The first-order chi connectivity index (χ1) is 9.59. The van der Waals surface area contributed by atoms with E-state index in [0.29, 0.717) is 5.92 Å². The molecule has 0 atom stereocenters. The highest BCUT2D eigenvalue weighted by atomic mass is 15.2. The number of anilines is 1. The summed E-state index contributed by atoms with van der Waals surface area (Å²) in [5.74, 6) is 2.71. The van der Waals surface area contributed by atoms with E-state index in [2.05, 4.69) is 46.1 Å². The minimum atomic E-state index is -0.00000189. The maximum atomic E-state index is 6.50. The van der Waals surface area contributed by atoms with Crippen molar-refractivity contribution in [2.45, 2.75) is 91.5 Å². The second kappa shape index (κ2) is 5.66. The predicted molar refractivity (Wildman–Crippen MR) is 90.6 cm³/mol. The fraction of sp³-hybridized carbons (Fsp3) is 0.833. The molecule has 0 aromatic carbocycles. The Morgan fingerprint density at radius 2 is 1.62 bits per heavy atom. The normalized spacial score (nSPS) is 18.2. The third-order valence-corrected chi connectivity index (χ3v) is 4.35. The number of nitrogens with zero attached hydrogens (tertiary/aromatic N) is 2. The Kier molecular flexibility index (Phi) is 4.41. The van der Waals surface area contributed by atoms with Crippen LogP contribution < -0.4 is 5.73 Å². The van der Waals surface area contributed by atoms with Crippen LogP contribution in [0.25, 0.3) is 0 Å². The molecule has 120 valence electrons. The van der Waals surface area contributed by atoms with Gasteiger partial charge in [0.2, 0.25) is 0 Å². The first-order valence-corrected chi connectivity index (χ1v) is 8.47. The Bertz CT molecular complexity index is 480. The number of hydrogen-bond acceptors (Lipinski definition) is 2. The lowest BCUT2D eigenvalue weighted by Gasteiger charge is -2.29. The highest BCUT2D eigenvalue weighted by Gasteiger charge is 2.30. The molecular weight excluding hydrogens is 258 g/mol. The Balaban J connectivity index is 2.44. The second-order valence-corrected chi connectivity index (χ2v) is 8.88. The van der Waals surface area contributed by atoms with Crippen molar-refractivity contribution in [3.8, 4) is 0 Å². The van der Waals surface area contributed by atoms with Crippen molar-refractivity contribution in [1.29, 1.82) is 0 Å². The van der Waals surface area contributed by atoms with Crippen LogP contribution in [0.3, 0.4) is 0 Å². The molecule has 21 heavy (non-hydrogen) atoms. The molecule has 1 aromatic rings. The molecule has 0 spiro atoms. The molecule has 0 saturated heterocycles. The van der Waals surface area contributed by atoms with E-state index in [-0.39, 0.29) is 11.0 Å². The summed E-state index contributed by atoms with van der Waals surface area (Å²) >= 11 is 0. The van der Waals surface area contributed by atoms with Crippen molar-refractivity contribution in [3.63, 3.8) is 0 Å². The van der Waals surface area contributed by atoms with Crippen LogP contribution >= 0.6 is 0 Å². The van der Waals surface area contributed by atoms with E-state index in [1.165, 1.54) is 37.9 Å². The molecule has 1 saturated carbocycles. The summed E-state index contributed by atoms with van der Waals surface area (Å²) in [5.41, 5.74) is 7.82. The van der Waals surface area contributed by atoms with Crippen molar-refractivity contribution in [1.82, 2.24) is 9.55 Å². The van der Waals surface area contributed by atoms with Crippen molar-refractivity contribution in [2.24, 2.45) is 5.41 Å². The maximum absolute atomic E-state index is 6.50. The van der Waals surface area contributed by atoms with Gasteiger partial charge < -0.3 is 10.3 Å². The van der Waals surface area contributed by atoms with Crippen LogP contribution in [-0.2, 0) is 12.0 Å². The van der Waals surface area contributed by atoms with Crippen molar-refractivity contribution in [2.75, 3.05) is 5.73 Å². The topological polar surface area (TPSA) is 43.8 Å². The van der Waals surface area contributed by atoms with Gasteiger partial charge in [-0.3, -0.25) is 0 Å². The van der Waals surface area contributed by atoms with E-state index >= 15 is 0 Å². The van der Waals surface area contributed by atoms with Crippen molar-refractivity contribution < 1.29 is 0 Å². The Morgan fingerprint density at radius 3 is 2.10 bits per heavy atom. The summed E-state index contributed by atoms with van der Waals surface area (Å²) in [6.07, 6.45) is 7.51. The molecule has 1 aliphatic carbocycles. The molecule has 1 aromatic heterocycles. The van der Waals surface area contributed by atoms with Crippen molar-refractivity contribution >= 4 is 5.82 Å². The third kappa shape index (κ3) is 3.81. The number of rotatable bonds is 2. The van der Waals surface area contributed by atoms with Crippen LogP contribution in [0.1, 0.15) is 91.1 Å². The monoisotopic (exact) mass is 291 g/mol. The molecule has 1 aliphatic rings. The van der Waals surface area contributed by atoms with Gasteiger partial charge in [0, 0.05) is 11.5 Å². The molecule has 0 unspecified atom stereocenters. The van der Waals surface area contributed by atoms with Gasteiger partial charge in [0.25, 0.3) is 0 Å². The summed E-state index contributed by atoms with van der Waals surface area (Å²) in [5, 5.41) is 0. The van der Waals surface area contributed by atoms with Crippen molar-refractivity contribution in [3.05, 3.63) is 11.5 Å². The van der Waals surface area contributed by atoms with E-state index < -0.39 is 0 Å². The maximum Gasteiger partial charge on any atom is 0.127 e. The van der Waals surface area contributed by atoms with Gasteiger partial charge in [0.1, 0.15) is 11.6 Å². The third-order valence-electron chi connectivity index (χ3n) is 4.35. The smallest absolute Gasteiger partial charge is 0.127 e. The van der Waals surface area contributed by atoms with Crippen LogP contribution in [0.4, 0.5) is 5.82 Å². The Labute approximate surface area is 130 Å². The quantitative estimate of drug-likeness (QED) is 0.846. The first kappa shape index (κ1) is 16.4. The number of nitrogens with two attached hydrogens (primary N) is 1. The molecule has 0 radical (unpaired) electrons. The molecule has 0 aliphatic heterocycles. The highest BCUT2D eigenvalue weighted by molar-refractivity contribution is 5.41. The fourth-order valence-electron chi connectivity index (χ4n) is 3.47. The van der Waals surface area contributed by atoms with E-state index in [1.54, 1.807) is 0 Å². The summed E-state index contributed by atoms with van der Waals surface area (Å²) in [7, 11) is 0. The van der Waals surface area contributed by atoms with Gasteiger partial charge in [-0.15, -0.1) is 0 Å². The Morgan fingerprint density at radius 1 is 1.05 bits per heavy atom. The van der Waals surface area contributed by atoms with Crippen LogP contribution in [0, 0.1) is 5.41 Å². The minimum absolute atomic E-state index is 0.00000189. The van der Waals surface area contributed by atoms with E-state index in [9.17, 15) is 0 Å². The average Bonchev–Trinajstić information content (AvgIpc) is 2.65. The lowest BCUT2D eigenvalue weighted by molar-refractivity contribution is 0.349. The lowest BCUT2D eigenvalue weighted by Crippen LogP contribution is -2.27. The van der Waals surface area contributed by atoms with Gasteiger partial charge in [-0.05, 0) is 45.4 Å². The summed E-state index contributed by atoms with van der Waals surface area (Å²) in [6, 6.07) is 0. The molecule has 2 N–H and O–H groups in total. The van der Waals surface area contributed by atoms with Crippen LogP contribution in [0.2, 0.25) is 0 Å². The molecule has 3 heteroatoms. The molecule has 1 heterocycles. The second-order valence-electron chi connectivity index (χ2n) is 8.88. The van der Waals surface area contributed by atoms with E-state index in [4.69, 9.17) is 10.7 Å². The average molecular weight is 291 g/mol. The molecule has 0 bridgehead atoms. The highest BCUT2D eigenvalue weighted by Crippen LogP contribution is 2.38. The van der Waals surface area contributed by atoms with Gasteiger partial charge >= 0.3 is 0 Å². The predicted octanol–water partition coefficient (Wildman–Crippen LogP) is 4.86. The first-order valence-electron chi connectivity index (χ1n) is 8.47. The number of imidazole rings is 1. The van der Waals surface area contributed by atoms with Gasteiger partial charge in [-0.25, -0.2) is 4.98 Å². The van der Waals surface area contributed by atoms with Gasteiger partial charge in [0.15, 0.2) is 0 Å².